The van der Waals surface area contributed by atoms with Crippen LogP contribution in [0.2, 0.25) is 0 Å². The summed E-state index contributed by atoms with van der Waals surface area (Å²) in [6, 6.07) is 15.5. The minimum absolute atomic E-state index is 0.0282. The molecule has 146 valence electrons. The van der Waals surface area contributed by atoms with E-state index in [1.807, 2.05) is 66.9 Å². The van der Waals surface area contributed by atoms with Gasteiger partial charge in [-0.2, -0.15) is 0 Å². The quantitative estimate of drug-likeness (QED) is 0.651. The molecule has 0 aliphatic carbocycles. The van der Waals surface area contributed by atoms with Gasteiger partial charge in [0.2, 0.25) is 11.8 Å². The van der Waals surface area contributed by atoms with Crippen molar-refractivity contribution in [2.45, 2.75) is 33.2 Å². The van der Waals surface area contributed by atoms with Crippen LogP contribution in [0.1, 0.15) is 25.3 Å². The normalized spacial score (nSPS) is 10.8. The number of fused-ring (bicyclic) bond motifs is 1. The number of nitrogens with one attached hydrogen (secondary N) is 1. The Labute approximate surface area is 165 Å². The van der Waals surface area contributed by atoms with Crippen LogP contribution in [0.4, 0.5) is 5.69 Å². The molecule has 6 heteroatoms. The van der Waals surface area contributed by atoms with Gasteiger partial charge >= 0.3 is 0 Å². The number of rotatable bonds is 8. The number of benzene rings is 2. The first-order valence-electron chi connectivity index (χ1n) is 9.61. The van der Waals surface area contributed by atoms with E-state index in [-0.39, 0.29) is 18.4 Å². The highest BCUT2D eigenvalue weighted by atomic mass is 16.2. The molecule has 1 N–H and O–H groups in total. The molecule has 0 aliphatic rings. The second-order valence-electron chi connectivity index (χ2n) is 6.86. The SMILES string of the molecule is CCCN(CC(=O)Nc1ccccc1C)C(=O)CCn1cnc2ccccc21. The van der Waals surface area contributed by atoms with Gasteiger partial charge in [-0.3, -0.25) is 9.59 Å². The van der Waals surface area contributed by atoms with E-state index in [1.165, 1.54) is 0 Å². The monoisotopic (exact) mass is 378 g/mol. The van der Waals surface area contributed by atoms with Crippen LogP contribution in [0.5, 0.6) is 0 Å². The lowest BCUT2D eigenvalue weighted by molar-refractivity contribution is -0.134. The molecule has 6 nitrogen and oxygen atoms in total. The summed E-state index contributed by atoms with van der Waals surface area (Å²) in [6.07, 6.45) is 2.89. The Balaban J connectivity index is 1.60. The first kappa shape index (κ1) is 19.6. The second-order valence-corrected chi connectivity index (χ2v) is 6.86. The van der Waals surface area contributed by atoms with Crippen LogP contribution >= 0.6 is 0 Å². The lowest BCUT2D eigenvalue weighted by Gasteiger charge is -2.22. The summed E-state index contributed by atoms with van der Waals surface area (Å²) in [4.78, 5) is 31.2. The predicted octanol–water partition coefficient (Wildman–Crippen LogP) is 3.61. The van der Waals surface area contributed by atoms with Crippen molar-refractivity contribution in [3.8, 4) is 0 Å². The van der Waals surface area contributed by atoms with Crippen molar-refractivity contribution in [2.75, 3.05) is 18.4 Å². The summed E-state index contributed by atoms with van der Waals surface area (Å²) in [5, 5.41) is 2.90. The molecule has 3 rings (SSSR count). The zero-order chi connectivity index (χ0) is 19.9. The van der Waals surface area contributed by atoms with Crippen LogP contribution in [0.25, 0.3) is 11.0 Å². The van der Waals surface area contributed by atoms with E-state index in [4.69, 9.17) is 0 Å². The van der Waals surface area contributed by atoms with Gasteiger partial charge in [-0.25, -0.2) is 4.98 Å². The Morgan fingerprint density at radius 1 is 1.11 bits per heavy atom. The fraction of sp³-hybridized carbons (Fsp3) is 0.318. The third-order valence-electron chi connectivity index (χ3n) is 4.69. The Bertz CT molecular complexity index is 964. The molecule has 0 radical (unpaired) electrons. The minimum Gasteiger partial charge on any atom is -0.333 e. The van der Waals surface area contributed by atoms with Crippen LogP contribution in [0.15, 0.2) is 54.9 Å². The number of carbonyl (C=O) groups excluding carboxylic acids is 2. The standard InChI is InChI=1S/C22H26N4O2/c1-3-13-25(15-21(27)24-18-9-5-4-8-17(18)2)22(28)12-14-26-16-23-19-10-6-7-11-20(19)26/h4-11,16H,3,12-15H2,1-2H3,(H,24,27). The molecule has 0 saturated heterocycles. The average molecular weight is 378 g/mol. The molecule has 0 spiro atoms. The van der Waals surface area contributed by atoms with Crippen molar-refractivity contribution in [3.63, 3.8) is 0 Å². The van der Waals surface area contributed by atoms with Gasteiger partial charge in [0, 0.05) is 25.2 Å². The maximum Gasteiger partial charge on any atom is 0.244 e. The van der Waals surface area contributed by atoms with E-state index in [0.717, 1.165) is 28.7 Å². The van der Waals surface area contributed by atoms with Crippen molar-refractivity contribution in [2.24, 2.45) is 0 Å². The zero-order valence-corrected chi connectivity index (χ0v) is 16.4. The average Bonchev–Trinajstić information content (AvgIpc) is 3.11. The summed E-state index contributed by atoms with van der Waals surface area (Å²) in [7, 11) is 0. The van der Waals surface area contributed by atoms with Gasteiger partial charge in [0.05, 0.1) is 23.9 Å². The fourth-order valence-electron chi connectivity index (χ4n) is 3.20. The van der Waals surface area contributed by atoms with Gasteiger partial charge in [-0.15, -0.1) is 0 Å². The lowest BCUT2D eigenvalue weighted by Crippen LogP contribution is -2.39. The molecule has 0 unspecified atom stereocenters. The predicted molar refractivity (Wildman–Crippen MR) is 111 cm³/mol. The first-order valence-corrected chi connectivity index (χ1v) is 9.61. The van der Waals surface area contributed by atoms with E-state index < -0.39 is 0 Å². The number of anilines is 1. The number of nitrogens with zero attached hydrogens (tertiary/aromatic N) is 3. The van der Waals surface area contributed by atoms with Crippen molar-refractivity contribution < 1.29 is 9.59 Å². The number of hydrogen-bond donors (Lipinski definition) is 1. The van der Waals surface area contributed by atoms with Gasteiger partial charge in [-0.05, 0) is 37.1 Å². The number of amides is 2. The maximum absolute atomic E-state index is 12.7. The van der Waals surface area contributed by atoms with Crippen LogP contribution in [-0.4, -0.2) is 39.4 Å². The van der Waals surface area contributed by atoms with Crippen LogP contribution in [0.3, 0.4) is 0 Å². The molecule has 0 aliphatic heterocycles. The molecular formula is C22H26N4O2. The van der Waals surface area contributed by atoms with Gasteiger partial charge in [-0.1, -0.05) is 37.3 Å². The Morgan fingerprint density at radius 3 is 2.64 bits per heavy atom. The van der Waals surface area contributed by atoms with E-state index in [1.54, 1.807) is 11.2 Å². The van der Waals surface area contributed by atoms with Gasteiger partial charge in [0.25, 0.3) is 0 Å². The highest BCUT2D eigenvalue weighted by molar-refractivity contribution is 5.95. The molecule has 28 heavy (non-hydrogen) atoms. The van der Waals surface area contributed by atoms with Crippen LogP contribution < -0.4 is 5.32 Å². The molecule has 1 heterocycles. The van der Waals surface area contributed by atoms with E-state index in [9.17, 15) is 9.59 Å². The number of carbonyl (C=O) groups is 2. The second kappa shape index (κ2) is 9.17. The van der Waals surface area contributed by atoms with Crippen molar-refractivity contribution in [3.05, 3.63) is 60.4 Å². The van der Waals surface area contributed by atoms with E-state index in [2.05, 4.69) is 10.3 Å². The summed E-state index contributed by atoms with van der Waals surface area (Å²) >= 11 is 0. The fourth-order valence-corrected chi connectivity index (χ4v) is 3.20. The Morgan fingerprint density at radius 2 is 1.86 bits per heavy atom. The molecule has 0 bridgehead atoms. The Hall–Kier alpha value is -3.15. The van der Waals surface area contributed by atoms with Crippen molar-refractivity contribution in [1.82, 2.24) is 14.5 Å². The third kappa shape index (κ3) is 4.76. The summed E-state index contributed by atoms with van der Waals surface area (Å²) in [6.45, 7) is 5.11. The summed E-state index contributed by atoms with van der Waals surface area (Å²) in [5.74, 6) is -0.205. The summed E-state index contributed by atoms with van der Waals surface area (Å²) < 4.78 is 1.98. The molecular weight excluding hydrogens is 352 g/mol. The molecule has 2 amide bonds. The minimum atomic E-state index is -0.177. The van der Waals surface area contributed by atoms with Gasteiger partial charge in [0.15, 0.2) is 0 Å². The molecule has 1 aromatic heterocycles. The Kier molecular flexibility index (Phi) is 6.42. The number of hydrogen-bond acceptors (Lipinski definition) is 3. The maximum atomic E-state index is 12.7. The van der Waals surface area contributed by atoms with Crippen molar-refractivity contribution >= 4 is 28.5 Å². The largest absolute Gasteiger partial charge is 0.333 e. The number of para-hydroxylation sites is 3. The van der Waals surface area contributed by atoms with E-state index >= 15 is 0 Å². The number of imidazole rings is 1. The van der Waals surface area contributed by atoms with E-state index in [0.29, 0.717) is 19.5 Å². The highest BCUT2D eigenvalue weighted by Gasteiger charge is 2.17. The highest BCUT2D eigenvalue weighted by Crippen LogP contribution is 2.14. The molecule has 3 aromatic rings. The van der Waals surface area contributed by atoms with Gasteiger partial charge in [0.1, 0.15) is 0 Å². The smallest absolute Gasteiger partial charge is 0.244 e. The van der Waals surface area contributed by atoms with Crippen molar-refractivity contribution in [1.29, 1.82) is 0 Å². The lowest BCUT2D eigenvalue weighted by atomic mass is 10.2. The zero-order valence-electron chi connectivity index (χ0n) is 16.4. The van der Waals surface area contributed by atoms with Crippen LogP contribution in [-0.2, 0) is 16.1 Å². The number of aryl methyl sites for hydroxylation is 2. The summed E-state index contributed by atoms with van der Waals surface area (Å²) in [5.41, 5.74) is 3.70. The first-order chi connectivity index (χ1) is 13.6. The van der Waals surface area contributed by atoms with Gasteiger partial charge < -0.3 is 14.8 Å². The topological polar surface area (TPSA) is 67.2 Å². The molecule has 0 atom stereocenters. The molecule has 0 saturated carbocycles. The van der Waals surface area contributed by atoms with Crippen LogP contribution in [0, 0.1) is 6.92 Å². The third-order valence-corrected chi connectivity index (χ3v) is 4.69. The molecule has 2 aromatic carbocycles. The number of aromatic nitrogens is 2. The molecule has 0 fully saturated rings.